The summed E-state index contributed by atoms with van der Waals surface area (Å²) in [7, 11) is 0. The number of fused-ring (bicyclic) bond motifs is 1. The Bertz CT molecular complexity index is 444. The number of hydrogen-bond donors (Lipinski definition) is 1. The summed E-state index contributed by atoms with van der Waals surface area (Å²) in [6.07, 6.45) is 0. The number of H-pyrrole nitrogens is 1. The molecule has 0 unspecified atom stereocenters. The summed E-state index contributed by atoms with van der Waals surface area (Å²) in [5.74, 6) is 0. The van der Waals surface area contributed by atoms with E-state index in [2.05, 4.69) is 26.0 Å². The third kappa shape index (κ3) is 0.970. The van der Waals surface area contributed by atoms with Crippen LogP contribution >= 0.6 is 15.9 Å². The lowest BCUT2D eigenvalue weighted by Crippen LogP contribution is -2.10. The lowest BCUT2D eigenvalue weighted by Gasteiger charge is -1.85. The fraction of sp³-hybridized carbons (Fsp3) is 0. The van der Waals surface area contributed by atoms with Crippen molar-refractivity contribution < 1.29 is 0 Å². The van der Waals surface area contributed by atoms with Gasteiger partial charge in [-0.2, -0.15) is 4.52 Å². The third-order valence-electron chi connectivity index (χ3n) is 1.35. The number of aromatic amines is 1. The molecule has 5 heteroatoms. The Hall–Kier alpha value is -1.10. The number of aromatic nitrogens is 3. The summed E-state index contributed by atoms with van der Waals surface area (Å²) >= 11 is 3.13. The molecule has 2 rings (SSSR count). The predicted molar refractivity (Wildman–Crippen MR) is 43.5 cm³/mol. The van der Waals surface area contributed by atoms with Gasteiger partial charge < -0.3 is 0 Å². The van der Waals surface area contributed by atoms with Crippen LogP contribution < -0.4 is 5.56 Å². The average molecular weight is 214 g/mol. The highest BCUT2D eigenvalue weighted by molar-refractivity contribution is 9.10. The van der Waals surface area contributed by atoms with E-state index in [0.29, 0.717) is 10.4 Å². The standard InChI is InChI=1S/C6H4BrN3O/c7-6-8-4-2-1-3-5(11)10(4)9-6/h1-3H,(H,8,9). The average Bonchev–Trinajstić information content (AvgIpc) is 2.31. The molecule has 0 radical (unpaired) electrons. The van der Waals surface area contributed by atoms with Crippen LogP contribution in [-0.2, 0) is 0 Å². The first-order valence-corrected chi connectivity index (χ1v) is 3.80. The van der Waals surface area contributed by atoms with E-state index >= 15 is 0 Å². The molecule has 0 spiro atoms. The molecule has 0 aliphatic rings. The fourth-order valence-electron chi connectivity index (χ4n) is 0.896. The van der Waals surface area contributed by atoms with Gasteiger partial charge in [0.05, 0.1) is 0 Å². The molecule has 1 N–H and O–H groups in total. The van der Waals surface area contributed by atoms with Crippen LogP contribution in [0.1, 0.15) is 0 Å². The minimum absolute atomic E-state index is 0.110. The van der Waals surface area contributed by atoms with Gasteiger partial charge in [0.1, 0.15) is 0 Å². The molecule has 0 saturated carbocycles. The smallest absolute Gasteiger partial charge is 0.267 e. The zero-order chi connectivity index (χ0) is 7.84. The van der Waals surface area contributed by atoms with Crippen LogP contribution in [0.4, 0.5) is 0 Å². The molecule has 4 nitrogen and oxygen atoms in total. The number of pyridine rings is 1. The molecule has 2 aromatic rings. The normalized spacial score (nSPS) is 10.6. The van der Waals surface area contributed by atoms with E-state index in [4.69, 9.17) is 0 Å². The van der Waals surface area contributed by atoms with Crippen molar-refractivity contribution in [2.24, 2.45) is 0 Å². The largest absolute Gasteiger partial charge is 0.271 e. The number of nitrogens with zero attached hydrogens (tertiary/aromatic N) is 2. The van der Waals surface area contributed by atoms with Crippen molar-refractivity contribution in [3.63, 3.8) is 0 Å². The van der Waals surface area contributed by atoms with Crippen molar-refractivity contribution in [2.45, 2.75) is 0 Å². The highest BCUT2D eigenvalue weighted by Crippen LogP contribution is 2.02. The molecule has 0 aliphatic carbocycles. The van der Waals surface area contributed by atoms with Gasteiger partial charge in [0, 0.05) is 6.07 Å². The fourth-order valence-corrected chi connectivity index (χ4v) is 1.25. The first kappa shape index (κ1) is 6.60. The maximum absolute atomic E-state index is 11.1. The van der Waals surface area contributed by atoms with Gasteiger partial charge in [0.2, 0.25) is 0 Å². The van der Waals surface area contributed by atoms with E-state index in [-0.39, 0.29) is 5.56 Å². The van der Waals surface area contributed by atoms with Gasteiger partial charge in [0.15, 0.2) is 10.4 Å². The summed E-state index contributed by atoms with van der Waals surface area (Å²) in [5.41, 5.74) is 0.505. The van der Waals surface area contributed by atoms with E-state index in [1.54, 1.807) is 12.1 Å². The molecule has 0 saturated heterocycles. The zero-order valence-electron chi connectivity index (χ0n) is 5.41. The Kier molecular flexibility index (Phi) is 1.32. The van der Waals surface area contributed by atoms with Gasteiger partial charge in [-0.15, -0.1) is 0 Å². The molecule has 0 aliphatic heterocycles. The third-order valence-corrected chi connectivity index (χ3v) is 1.70. The minimum atomic E-state index is -0.110. The molecule has 2 aromatic heterocycles. The van der Waals surface area contributed by atoms with Crippen LogP contribution in [0.2, 0.25) is 0 Å². The van der Waals surface area contributed by atoms with E-state index in [1.165, 1.54) is 10.6 Å². The van der Waals surface area contributed by atoms with Crippen LogP contribution in [-0.4, -0.2) is 14.6 Å². The van der Waals surface area contributed by atoms with Gasteiger partial charge in [-0.25, -0.2) is 4.98 Å². The SMILES string of the molecule is O=c1cccc2nc(Br)[nH]n12. The quantitative estimate of drug-likeness (QED) is 0.704. The minimum Gasteiger partial charge on any atom is -0.267 e. The summed E-state index contributed by atoms with van der Waals surface area (Å²) in [6.45, 7) is 0. The maximum Gasteiger partial charge on any atom is 0.271 e. The molecule has 0 atom stereocenters. The second-order valence-electron chi connectivity index (χ2n) is 2.07. The zero-order valence-corrected chi connectivity index (χ0v) is 7.00. The van der Waals surface area contributed by atoms with Crippen LogP contribution in [0, 0.1) is 0 Å². The first-order valence-electron chi connectivity index (χ1n) is 3.01. The molecule has 56 valence electrons. The van der Waals surface area contributed by atoms with Crippen molar-refractivity contribution in [1.82, 2.24) is 14.6 Å². The van der Waals surface area contributed by atoms with E-state index < -0.39 is 0 Å². The topological polar surface area (TPSA) is 50.2 Å². The van der Waals surface area contributed by atoms with E-state index in [9.17, 15) is 4.79 Å². The van der Waals surface area contributed by atoms with Crippen LogP contribution in [0.3, 0.4) is 0 Å². The number of nitrogens with one attached hydrogen (secondary N) is 1. The second-order valence-corrected chi connectivity index (χ2v) is 2.82. The van der Waals surface area contributed by atoms with E-state index in [0.717, 1.165) is 0 Å². The van der Waals surface area contributed by atoms with Gasteiger partial charge in [0.25, 0.3) is 5.56 Å². The summed E-state index contributed by atoms with van der Waals surface area (Å²) in [5, 5.41) is 2.74. The lowest BCUT2D eigenvalue weighted by molar-refractivity contribution is 0.907. The Morgan fingerprint density at radius 1 is 1.55 bits per heavy atom. The highest BCUT2D eigenvalue weighted by atomic mass is 79.9. The van der Waals surface area contributed by atoms with Crippen LogP contribution in [0.25, 0.3) is 5.65 Å². The Labute approximate surface area is 70.0 Å². The summed E-state index contributed by atoms with van der Waals surface area (Å²) < 4.78 is 1.92. The van der Waals surface area contributed by atoms with Gasteiger partial charge in [-0.05, 0) is 22.0 Å². The molecule has 11 heavy (non-hydrogen) atoms. The highest BCUT2D eigenvalue weighted by Gasteiger charge is 1.98. The van der Waals surface area contributed by atoms with Crippen molar-refractivity contribution in [3.8, 4) is 0 Å². The predicted octanol–water partition coefficient (Wildman–Crippen LogP) is 0.785. The lowest BCUT2D eigenvalue weighted by atomic mass is 10.5. The summed E-state index contributed by atoms with van der Waals surface area (Å²) in [4.78, 5) is 15.1. The molecule has 2 heterocycles. The van der Waals surface area contributed by atoms with Gasteiger partial charge in [-0.3, -0.25) is 9.89 Å². The van der Waals surface area contributed by atoms with Crippen molar-refractivity contribution >= 4 is 21.6 Å². The van der Waals surface area contributed by atoms with E-state index in [1.807, 2.05) is 0 Å². The van der Waals surface area contributed by atoms with Crippen LogP contribution in [0.15, 0.2) is 27.7 Å². The maximum atomic E-state index is 11.1. The van der Waals surface area contributed by atoms with Crippen molar-refractivity contribution in [3.05, 3.63) is 33.3 Å². The van der Waals surface area contributed by atoms with Crippen molar-refractivity contribution in [1.29, 1.82) is 0 Å². The van der Waals surface area contributed by atoms with Gasteiger partial charge in [-0.1, -0.05) is 6.07 Å². The molecular weight excluding hydrogens is 210 g/mol. The second kappa shape index (κ2) is 2.20. The molecule has 0 amide bonds. The number of halogens is 1. The monoisotopic (exact) mass is 213 g/mol. The summed E-state index contributed by atoms with van der Waals surface area (Å²) in [6, 6.07) is 4.89. The van der Waals surface area contributed by atoms with Crippen LogP contribution in [0.5, 0.6) is 0 Å². The van der Waals surface area contributed by atoms with Crippen molar-refractivity contribution in [2.75, 3.05) is 0 Å². The Morgan fingerprint density at radius 2 is 2.36 bits per heavy atom. The molecular formula is C6H4BrN3O. The Morgan fingerprint density at radius 3 is 3.09 bits per heavy atom. The first-order chi connectivity index (χ1) is 5.27. The molecule has 0 fully saturated rings. The number of hydrogen-bond acceptors (Lipinski definition) is 2. The molecule has 0 aromatic carbocycles. The Balaban J connectivity index is 3.02. The molecule has 0 bridgehead atoms. The number of rotatable bonds is 0. The van der Waals surface area contributed by atoms with Gasteiger partial charge >= 0.3 is 0 Å².